The summed E-state index contributed by atoms with van der Waals surface area (Å²) in [5.41, 5.74) is 5.61. The van der Waals surface area contributed by atoms with Gasteiger partial charge in [0.25, 0.3) is 0 Å². The average Bonchev–Trinajstić information content (AvgIpc) is 2.48. The van der Waals surface area contributed by atoms with Gasteiger partial charge in [-0.3, -0.25) is 0 Å². The number of alkyl halides is 3. The molecule has 0 spiro atoms. The van der Waals surface area contributed by atoms with Crippen LogP contribution in [0.15, 0.2) is 40.3 Å². The molecule has 0 aliphatic rings. The second kappa shape index (κ2) is 6.95. The van der Waals surface area contributed by atoms with Gasteiger partial charge in [0.2, 0.25) is 0 Å². The van der Waals surface area contributed by atoms with Crippen LogP contribution in [-0.4, -0.2) is 24.4 Å². The lowest BCUT2D eigenvalue weighted by molar-refractivity contribution is -0.274. The minimum atomic E-state index is -4.90. The average molecular weight is 362 g/mol. The molecule has 0 fully saturated rings. The number of hydrogen-bond acceptors (Lipinski definition) is 6. The highest BCUT2D eigenvalue weighted by Gasteiger charge is 2.31. The Labute approximate surface area is 137 Å². The molecule has 2 aromatic rings. The minimum absolute atomic E-state index is 0.0317. The first-order chi connectivity index (χ1) is 11.2. The molecule has 0 radical (unpaired) electrons. The molecule has 2 rings (SSSR count). The Morgan fingerprint density at radius 3 is 2.54 bits per heavy atom. The van der Waals surface area contributed by atoms with Gasteiger partial charge in [-0.1, -0.05) is 11.8 Å². The zero-order valence-electron chi connectivity index (χ0n) is 12.1. The maximum atomic E-state index is 13.9. The van der Waals surface area contributed by atoms with Crippen LogP contribution in [0, 0.1) is 5.82 Å². The third-order valence-corrected chi connectivity index (χ3v) is 3.65. The summed E-state index contributed by atoms with van der Waals surface area (Å²) in [6.07, 6.45) is -3.63. The summed E-state index contributed by atoms with van der Waals surface area (Å²) in [6, 6.07) is 4.11. The first-order valence-electron chi connectivity index (χ1n) is 6.26. The zero-order chi connectivity index (χ0) is 17.9. The number of carbonyl (C=O) groups excluding carboxylic acids is 1. The summed E-state index contributed by atoms with van der Waals surface area (Å²) in [6.45, 7) is 0. The maximum absolute atomic E-state index is 13.9. The summed E-state index contributed by atoms with van der Waals surface area (Å²) < 4.78 is 58.3. The van der Waals surface area contributed by atoms with Crippen LogP contribution >= 0.6 is 11.8 Å². The number of anilines is 1. The Hall–Kier alpha value is -2.49. The van der Waals surface area contributed by atoms with Crippen LogP contribution in [0.2, 0.25) is 0 Å². The van der Waals surface area contributed by atoms with Gasteiger partial charge >= 0.3 is 12.3 Å². The number of nitrogens with two attached hydrogens (primary N) is 1. The van der Waals surface area contributed by atoms with E-state index in [4.69, 9.17) is 5.73 Å². The van der Waals surface area contributed by atoms with Crippen molar-refractivity contribution in [3.05, 3.63) is 42.0 Å². The van der Waals surface area contributed by atoms with Crippen molar-refractivity contribution in [2.75, 3.05) is 12.8 Å². The molecule has 10 heteroatoms. The minimum Gasteiger partial charge on any atom is -0.464 e. The highest BCUT2D eigenvalue weighted by molar-refractivity contribution is 7.99. The second-order valence-electron chi connectivity index (χ2n) is 4.34. The zero-order valence-corrected chi connectivity index (χ0v) is 12.9. The summed E-state index contributed by atoms with van der Waals surface area (Å²) in [7, 11) is 1.17. The number of methoxy groups -OCH3 is 1. The lowest BCUT2D eigenvalue weighted by Gasteiger charge is -2.10. The fraction of sp³-hybridized carbons (Fsp3) is 0.143. The summed E-state index contributed by atoms with van der Waals surface area (Å²) in [5, 5.41) is 0. The molecule has 0 bridgehead atoms. The molecule has 5 nitrogen and oxygen atoms in total. The molecule has 2 N–H and O–H groups in total. The molecule has 0 saturated heterocycles. The number of aromatic nitrogens is 1. The van der Waals surface area contributed by atoms with E-state index in [0.717, 1.165) is 23.9 Å². The number of rotatable bonds is 4. The molecule has 1 aromatic carbocycles. The van der Waals surface area contributed by atoms with Gasteiger partial charge in [0, 0.05) is 22.1 Å². The van der Waals surface area contributed by atoms with E-state index in [1.165, 1.54) is 19.4 Å². The van der Waals surface area contributed by atoms with Crippen LogP contribution in [0.4, 0.5) is 23.2 Å². The number of ether oxygens (including phenoxy) is 2. The van der Waals surface area contributed by atoms with E-state index in [2.05, 4.69) is 14.5 Å². The van der Waals surface area contributed by atoms with Crippen molar-refractivity contribution in [3.8, 4) is 5.75 Å². The van der Waals surface area contributed by atoms with Crippen LogP contribution in [-0.2, 0) is 4.74 Å². The van der Waals surface area contributed by atoms with Crippen LogP contribution in [0.1, 0.15) is 10.5 Å². The van der Waals surface area contributed by atoms with E-state index in [1.807, 2.05) is 0 Å². The highest BCUT2D eigenvalue weighted by Crippen LogP contribution is 2.33. The van der Waals surface area contributed by atoms with Gasteiger partial charge < -0.3 is 15.2 Å². The van der Waals surface area contributed by atoms with Crippen LogP contribution in [0.5, 0.6) is 5.75 Å². The first-order valence-corrected chi connectivity index (χ1v) is 7.08. The monoisotopic (exact) mass is 362 g/mol. The van der Waals surface area contributed by atoms with Gasteiger partial charge in [-0.05, 0) is 18.2 Å². The van der Waals surface area contributed by atoms with Crippen molar-refractivity contribution in [1.29, 1.82) is 0 Å². The van der Waals surface area contributed by atoms with Crippen molar-refractivity contribution in [1.82, 2.24) is 4.98 Å². The molecule has 0 saturated carbocycles. The van der Waals surface area contributed by atoms with Crippen molar-refractivity contribution >= 4 is 23.4 Å². The molecular weight excluding hydrogens is 352 g/mol. The molecule has 1 aromatic heterocycles. The quantitative estimate of drug-likeness (QED) is 0.661. The SMILES string of the molecule is COC(=O)c1ncc(Sc2ccc(OC(F)(F)F)cc2F)cc1N. The van der Waals surface area contributed by atoms with Crippen LogP contribution in [0.25, 0.3) is 0 Å². The normalized spacial score (nSPS) is 11.2. The second-order valence-corrected chi connectivity index (χ2v) is 5.46. The Morgan fingerprint density at radius 1 is 1.29 bits per heavy atom. The maximum Gasteiger partial charge on any atom is 0.573 e. The van der Waals surface area contributed by atoms with E-state index in [-0.39, 0.29) is 16.3 Å². The van der Waals surface area contributed by atoms with Crippen LogP contribution in [0.3, 0.4) is 0 Å². The van der Waals surface area contributed by atoms with Crippen molar-refractivity contribution in [2.45, 2.75) is 16.2 Å². The van der Waals surface area contributed by atoms with E-state index >= 15 is 0 Å². The summed E-state index contributed by atoms with van der Waals surface area (Å²) >= 11 is 0.877. The predicted octanol–water partition coefficient (Wildman–Crippen LogP) is 3.64. The van der Waals surface area contributed by atoms with Gasteiger partial charge in [-0.25, -0.2) is 14.2 Å². The lowest BCUT2D eigenvalue weighted by atomic mass is 10.3. The molecule has 0 atom stereocenters. The number of nitrogen functional groups attached to an aromatic ring is 1. The van der Waals surface area contributed by atoms with Crippen molar-refractivity contribution in [2.24, 2.45) is 0 Å². The fourth-order valence-corrected chi connectivity index (χ4v) is 2.51. The predicted molar refractivity (Wildman–Crippen MR) is 77.2 cm³/mol. The number of pyridine rings is 1. The third-order valence-electron chi connectivity index (χ3n) is 2.64. The number of carbonyl (C=O) groups is 1. The molecule has 0 amide bonds. The smallest absolute Gasteiger partial charge is 0.464 e. The summed E-state index contributed by atoms with van der Waals surface area (Å²) in [4.78, 5) is 15.6. The van der Waals surface area contributed by atoms with Crippen molar-refractivity contribution < 1.29 is 31.8 Å². The number of nitrogens with zero attached hydrogens (tertiary/aromatic N) is 1. The largest absolute Gasteiger partial charge is 0.573 e. The lowest BCUT2D eigenvalue weighted by Crippen LogP contribution is -2.17. The van der Waals surface area contributed by atoms with E-state index in [9.17, 15) is 22.4 Å². The topological polar surface area (TPSA) is 74.4 Å². The molecule has 1 heterocycles. The van der Waals surface area contributed by atoms with Gasteiger partial charge in [0.05, 0.1) is 12.8 Å². The first kappa shape index (κ1) is 17.9. The molecule has 0 aliphatic heterocycles. The van der Waals surface area contributed by atoms with E-state index in [0.29, 0.717) is 11.0 Å². The number of halogens is 4. The van der Waals surface area contributed by atoms with Gasteiger partial charge in [0.15, 0.2) is 5.69 Å². The highest BCUT2D eigenvalue weighted by atomic mass is 32.2. The van der Waals surface area contributed by atoms with Gasteiger partial charge in [-0.15, -0.1) is 13.2 Å². The van der Waals surface area contributed by atoms with Gasteiger partial charge in [-0.2, -0.15) is 0 Å². The molecule has 128 valence electrons. The number of hydrogen-bond donors (Lipinski definition) is 1. The van der Waals surface area contributed by atoms with Gasteiger partial charge in [0.1, 0.15) is 11.6 Å². The van der Waals surface area contributed by atoms with E-state index in [1.54, 1.807) is 0 Å². The number of esters is 1. The Kier molecular flexibility index (Phi) is 5.17. The molecule has 0 unspecified atom stereocenters. The Balaban J connectivity index is 2.19. The van der Waals surface area contributed by atoms with E-state index < -0.39 is 23.9 Å². The fourth-order valence-electron chi connectivity index (χ4n) is 1.67. The molecule has 24 heavy (non-hydrogen) atoms. The molecular formula is C14H10F4N2O3S. The molecule has 0 aliphatic carbocycles. The summed E-state index contributed by atoms with van der Waals surface area (Å²) in [5.74, 6) is -2.29. The van der Waals surface area contributed by atoms with Crippen LogP contribution < -0.4 is 10.5 Å². The third kappa shape index (κ3) is 4.51. The standard InChI is InChI=1S/C14H10F4N2O3S/c1-22-13(21)12-10(19)5-8(6-20-12)24-11-3-2-7(4-9(11)15)23-14(16,17)18/h2-6H,19H2,1H3. The Bertz CT molecular complexity index is 768. The Morgan fingerprint density at radius 2 is 2.00 bits per heavy atom. The van der Waals surface area contributed by atoms with Crippen molar-refractivity contribution in [3.63, 3.8) is 0 Å². The number of benzene rings is 1.